The van der Waals surface area contributed by atoms with E-state index in [0.29, 0.717) is 10.9 Å². The average molecular weight is 287 g/mol. The highest BCUT2D eigenvalue weighted by Crippen LogP contribution is 2.41. The zero-order valence-electron chi connectivity index (χ0n) is 9.91. The highest BCUT2D eigenvalue weighted by Gasteiger charge is 2.37. The lowest BCUT2D eigenvalue weighted by Gasteiger charge is -2.26. The lowest BCUT2D eigenvalue weighted by molar-refractivity contribution is -0.118. The van der Waals surface area contributed by atoms with E-state index in [9.17, 15) is 4.79 Å². The molecule has 1 amide bonds. The smallest absolute Gasteiger partial charge is 0.232 e. The second-order valence-electron chi connectivity index (χ2n) is 4.79. The molecule has 0 aromatic heterocycles. The SMILES string of the molecule is Cl.O=C1Nc2ccc(Cl)cc2C1C1CCNCC1. The number of halogens is 2. The molecule has 3 nitrogen and oxygen atoms in total. The number of nitrogens with one attached hydrogen (secondary N) is 2. The summed E-state index contributed by atoms with van der Waals surface area (Å²) in [7, 11) is 0. The predicted molar refractivity (Wildman–Crippen MR) is 75.7 cm³/mol. The Morgan fingerprint density at radius 3 is 2.67 bits per heavy atom. The van der Waals surface area contributed by atoms with Crippen LogP contribution >= 0.6 is 24.0 Å². The fourth-order valence-corrected chi connectivity index (χ4v) is 3.08. The number of anilines is 1. The number of hydrogen-bond donors (Lipinski definition) is 2. The first-order chi connectivity index (χ1) is 8.25. The summed E-state index contributed by atoms with van der Waals surface area (Å²) in [4.78, 5) is 12.1. The van der Waals surface area contributed by atoms with Crippen molar-refractivity contribution in [2.75, 3.05) is 18.4 Å². The molecule has 3 rings (SSSR count). The van der Waals surface area contributed by atoms with Crippen molar-refractivity contribution in [2.45, 2.75) is 18.8 Å². The van der Waals surface area contributed by atoms with Crippen LogP contribution < -0.4 is 10.6 Å². The molecule has 1 aromatic carbocycles. The van der Waals surface area contributed by atoms with E-state index in [4.69, 9.17) is 11.6 Å². The van der Waals surface area contributed by atoms with Crippen LogP contribution in [0.4, 0.5) is 5.69 Å². The largest absolute Gasteiger partial charge is 0.325 e. The van der Waals surface area contributed by atoms with Crippen molar-refractivity contribution in [1.29, 1.82) is 0 Å². The summed E-state index contributed by atoms with van der Waals surface area (Å²) in [6.45, 7) is 2.01. The Morgan fingerprint density at radius 2 is 1.94 bits per heavy atom. The van der Waals surface area contributed by atoms with Crippen LogP contribution in [0.5, 0.6) is 0 Å². The molecule has 0 spiro atoms. The number of hydrogen-bond acceptors (Lipinski definition) is 2. The summed E-state index contributed by atoms with van der Waals surface area (Å²) in [5.74, 6) is 0.566. The van der Waals surface area contributed by atoms with Gasteiger partial charge in [0.05, 0.1) is 5.92 Å². The lowest BCUT2D eigenvalue weighted by Crippen LogP contribution is -2.33. The first-order valence-corrected chi connectivity index (χ1v) is 6.44. The Hall–Kier alpha value is -0.770. The summed E-state index contributed by atoms with van der Waals surface area (Å²) in [6.07, 6.45) is 2.12. The first-order valence-electron chi connectivity index (χ1n) is 6.07. The van der Waals surface area contributed by atoms with Gasteiger partial charge in [-0.3, -0.25) is 4.79 Å². The number of amides is 1. The van der Waals surface area contributed by atoms with Crippen molar-refractivity contribution in [2.24, 2.45) is 5.92 Å². The zero-order chi connectivity index (χ0) is 11.8. The summed E-state index contributed by atoms with van der Waals surface area (Å²) < 4.78 is 0. The van der Waals surface area contributed by atoms with Crippen molar-refractivity contribution >= 4 is 35.6 Å². The van der Waals surface area contributed by atoms with Crippen LogP contribution in [-0.4, -0.2) is 19.0 Å². The molecule has 0 saturated carbocycles. The predicted octanol–water partition coefficient (Wildman–Crippen LogP) is 2.80. The van der Waals surface area contributed by atoms with Crippen molar-refractivity contribution in [1.82, 2.24) is 5.32 Å². The van der Waals surface area contributed by atoms with Gasteiger partial charge >= 0.3 is 0 Å². The van der Waals surface area contributed by atoms with Crippen LogP contribution in [0.3, 0.4) is 0 Å². The van der Waals surface area contributed by atoms with E-state index in [1.54, 1.807) is 0 Å². The molecule has 1 atom stereocenters. The summed E-state index contributed by atoms with van der Waals surface area (Å²) >= 11 is 6.02. The Labute approximate surface area is 118 Å². The van der Waals surface area contributed by atoms with E-state index in [2.05, 4.69) is 10.6 Å². The molecule has 1 fully saturated rings. The van der Waals surface area contributed by atoms with E-state index in [1.807, 2.05) is 18.2 Å². The maximum absolute atomic E-state index is 12.1. The number of piperidine rings is 1. The van der Waals surface area contributed by atoms with Gasteiger partial charge in [-0.05, 0) is 55.6 Å². The van der Waals surface area contributed by atoms with Gasteiger partial charge in [0.25, 0.3) is 0 Å². The molecule has 0 aliphatic carbocycles. The molecule has 2 aliphatic rings. The number of fused-ring (bicyclic) bond motifs is 1. The summed E-state index contributed by atoms with van der Waals surface area (Å²) in [6, 6.07) is 5.66. The fourth-order valence-electron chi connectivity index (χ4n) is 2.90. The number of benzene rings is 1. The van der Waals surface area contributed by atoms with Crippen LogP contribution in [0, 0.1) is 5.92 Å². The van der Waals surface area contributed by atoms with Gasteiger partial charge in [0.1, 0.15) is 0 Å². The van der Waals surface area contributed by atoms with Crippen molar-refractivity contribution in [3.63, 3.8) is 0 Å². The van der Waals surface area contributed by atoms with Crippen LogP contribution in [0.1, 0.15) is 24.3 Å². The van der Waals surface area contributed by atoms with Gasteiger partial charge in [0.2, 0.25) is 5.91 Å². The molecule has 98 valence electrons. The van der Waals surface area contributed by atoms with E-state index >= 15 is 0 Å². The van der Waals surface area contributed by atoms with Crippen LogP contribution in [0.25, 0.3) is 0 Å². The molecule has 2 aliphatic heterocycles. The highest BCUT2D eigenvalue weighted by molar-refractivity contribution is 6.31. The zero-order valence-corrected chi connectivity index (χ0v) is 11.5. The quantitative estimate of drug-likeness (QED) is 0.834. The van der Waals surface area contributed by atoms with Gasteiger partial charge < -0.3 is 10.6 Å². The number of carbonyl (C=O) groups is 1. The minimum atomic E-state index is -0.00852. The second-order valence-corrected chi connectivity index (χ2v) is 5.22. The molecule has 1 saturated heterocycles. The van der Waals surface area contributed by atoms with Crippen molar-refractivity contribution < 1.29 is 4.79 Å². The van der Waals surface area contributed by atoms with E-state index in [-0.39, 0.29) is 24.2 Å². The fraction of sp³-hybridized carbons (Fsp3) is 0.462. The van der Waals surface area contributed by atoms with Crippen molar-refractivity contribution in [3.8, 4) is 0 Å². The minimum Gasteiger partial charge on any atom is -0.325 e. The summed E-state index contributed by atoms with van der Waals surface area (Å²) in [5.41, 5.74) is 2.01. The molecule has 1 aromatic rings. The third-order valence-corrected chi connectivity index (χ3v) is 3.98. The monoisotopic (exact) mass is 286 g/mol. The maximum atomic E-state index is 12.1. The van der Waals surface area contributed by atoms with Gasteiger partial charge in [-0.15, -0.1) is 12.4 Å². The molecule has 0 radical (unpaired) electrons. The molecule has 2 heterocycles. The van der Waals surface area contributed by atoms with Crippen LogP contribution in [0.15, 0.2) is 18.2 Å². The van der Waals surface area contributed by atoms with Crippen LogP contribution in [0.2, 0.25) is 5.02 Å². The van der Waals surface area contributed by atoms with Crippen molar-refractivity contribution in [3.05, 3.63) is 28.8 Å². The van der Waals surface area contributed by atoms with Gasteiger partial charge in [-0.25, -0.2) is 0 Å². The van der Waals surface area contributed by atoms with E-state index < -0.39 is 0 Å². The third-order valence-electron chi connectivity index (χ3n) is 3.74. The number of rotatable bonds is 1. The van der Waals surface area contributed by atoms with Gasteiger partial charge in [-0.2, -0.15) is 0 Å². The summed E-state index contributed by atoms with van der Waals surface area (Å²) in [5, 5.41) is 6.99. The van der Waals surface area contributed by atoms with Gasteiger partial charge in [0.15, 0.2) is 0 Å². The standard InChI is InChI=1S/C13H15ClN2O.ClH/c14-9-1-2-11-10(7-9)12(13(17)16-11)8-3-5-15-6-4-8;/h1-2,7-8,12,15H,3-6H2,(H,16,17);1H. The Kier molecular flexibility index (Phi) is 4.15. The molecular weight excluding hydrogens is 271 g/mol. The van der Waals surface area contributed by atoms with E-state index in [0.717, 1.165) is 37.2 Å². The Balaban J connectivity index is 0.00000120. The third kappa shape index (κ3) is 2.35. The topological polar surface area (TPSA) is 41.1 Å². The molecular formula is C13H16Cl2N2O. The van der Waals surface area contributed by atoms with Gasteiger partial charge in [0, 0.05) is 10.7 Å². The highest BCUT2D eigenvalue weighted by atomic mass is 35.5. The Morgan fingerprint density at radius 1 is 1.22 bits per heavy atom. The molecule has 2 N–H and O–H groups in total. The molecule has 5 heteroatoms. The average Bonchev–Trinajstić information content (AvgIpc) is 2.65. The van der Waals surface area contributed by atoms with E-state index in [1.165, 1.54) is 0 Å². The lowest BCUT2D eigenvalue weighted by atomic mass is 9.81. The minimum absolute atomic E-state index is 0. The normalized spacial score (nSPS) is 23.2. The molecule has 18 heavy (non-hydrogen) atoms. The Bertz CT molecular complexity index is 458. The molecule has 0 bridgehead atoms. The first kappa shape index (κ1) is 13.7. The van der Waals surface area contributed by atoms with Gasteiger partial charge in [-0.1, -0.05) is 11.6 Å². The van der Waals surface area contributed by atoms with Crippen LogP contribution in [-0.2, 0) is 4.79 Å². The second kappa shape index (κ2) is 5.47. The number of carbonyl (C=O) groups excluding carboxylic acids is 1. The maximum Gasteiger partial charge on any atom is 0.232 e. The molecule has 1 unspecified atom stereocenters.